The third-order valence-electron chi connectivity index (χ3n) is 2.65. The number of nitrogens with zero attached hydrogens (tertiary/aromatic N) is 1. The predicted molar refractivity (Wildman–Crippen MR) is 72.4 cm³/mol. The van der Waals surface area contributed by atoms with Crippen molar-refractivity contribution in [2.45, 2.75) is 23.3 Å². The lowest BCUT2D eigenvalue weighted by Gasteiger charge is -2.04. The molecule has 0 aliphatic heterocycles. The van der Waals surface area contributed by atoms with Crippen molar-refractivity contribution in [2.24, 2.45) is 0 Å². The number of hydrogen-bond acceptors (Lipinski definition) is 4. The van der Waals surface area contributed by atoms with E-state index in [0.29, 0.717) is 4.90 Å². The lowest BCUT2D eigenvalue weighted by atomic mass is 10.4. The van der Waals surface area contributed by atoms with Crippen LogP contribution in [0.2, 0.25) is 0 Å². The van der Waals surface area contributed by atoms with Crippen molar-refractivity contribution in [3.8, 4) is 0 Å². The van der Waals surface area contributed by atoms with Crippen LogP contribution in [-0.4, -0.2) is 22.9 Å². The average Bonchev–Trinajstić information content (AvgIpc) is 2.67. The standard InChI is InChI=1S/C13H14N2O3S/c1-9-12(19-10-6-4-3-5-7-10)13(17)14-15(9)8-11(16)18-2/h3-7H,8H2,1-2H3,(H,14,17). The average molecular weight is 278 g/mol. The molecule has 0 amide bonds. The maximum atomic E-state index is 11.9. The summed E-state index contributed by atoms with van der Waals surface area (Å²) >= 11 is 1.38. The van der Waals surface area contributed by atoms with Crippen molar-refractivity contribution in [3.63, 3.8) is 0 Å². The van der Waals surface area contributed by atoms with Crippen LogP contribution < -0.4 is 5.56 Å². The maximum absolute atomic E-state index is 11.9. The van der Waals surface area contributed by atoms with Gasteiger partial charge in [0.25, 0.3) is 5.56 Å². The molecule has 0 unspecified atom stereocenters. The quantitative estimate of drug-likeness (QED) is 0.866. The van der Waals surface area contributed by atoms with Crippen molar-refractivity contribution in [1.82, 2.24) is 9.78 Å². The van der Waals surface area contributed by atoms with Crippen LogP contribution in [0, 0.1) is 6.92 Å². The molecular weight excluding hydrogens is 264 g/mol. The lowest BCUT2D eigenvalue weighted by Crippen LogP contribution is -2.15. The van der Waals surface area contributed by atoms with Crippen LogP contribution in [0.3, 0.4) is 0 Å². The maximum Gasteiger partial charge on any atom is 0.327 e. The highest BCUT2D eigenvalue weighted by molar-refractivity contribution is 7.99. The molecule has 0 spiro atoms. The number of hydrogen-bond donors (Lipinski definition) is 1. The number of ether oxygens (including phenoxy) is 1. The van der Waals surface area contributed by atoms with Crippen LogP contribution in [0.5, 0.6) is 0 Å². The molecule has 5 nitrogen and oxygen atoms in total. The van der Waals surface area contributed by atoms with Crippen molar-refractivity contribution in [1.29, 1.82) is 0 Å². The first kappa shape index (κ1) is 13.5. The van der Waals surface area contributed by atoms with Crippen molar-refractivity contribution in [2.75, 3.05) is 7.11 Å². The Kier molecular flexibility index (Phi) is 4.11. The van der Waals surface area contributed by atoms with Crippen molar-refractivity contribution >= 4 is 17.7 Å². The summed E-state index contributed by atoms with van der Waals surface area (Å²) in [6.07, 6.45) is 0. The Balaban J connectivity index is 2.27. The Morgan fingerprint density at radius 1 is 1.37 bits per heavy atom. The molecule has 0 radical (unpaired) electrons. The van der Waals surface area contributed by atoms with Crippen LogP contribution >= 0.6 is 11.8 Å². The summed E-state index contributed by atoms with van der Waals surface area (Å²) in [6, 6.07) is 9.61. The lowest BCUT2D eigenvalue weighted by molar-refractivity contribution is -0.141. The summed E-state index contributed by atoms with van der Waals surface area (Å²) in [7, 11) is 1.32. The molecule has 0 aliphatic carbocycles. The first-order valence-corrected chi connectivity index (χ1v) is 6.52. The van der Waals surface area contributed by atoms with Gasteiger partial charge in [0.05, 0.1) is 17.7 Å². The van der Waals surface area contributed by atoms with Gasteiger partial charge < -0.3 is 4.74 Å². The molecule has 2 rings (SSSR count). The molecule has 1 aromatic carbocycles. The van der Waals surface area contributed by atoms with Crippen LogP contribution in [0.1, 0.15) is 5.69 Å². The number of aromatic amines is 1. The van der Waals surface area contributed by atoms with Gasteiger partial charge in [-0.15, -0.1) is 0 Å². The minimum Gasteiger partial charge on any atom is -0.468 e. The van der Waals surface area contributed by atoms with E-state index in [-0.39, 0.29) is 12.1 Å². The molecule has 0 bridgehead atoms. The smallest absolute Gasteiger partial charge is 0.327 e. The van der Waals surface area contributed by atoms with E-state index in [2.05, 4.69) is 9.84 Å². The van der Waals surface area contributed by atoms with E-state index in [9.17, 15) is 9.59 Å². The van der Waals surface area contributed by atoms with E-state index in [1.807, 2.05) is 30.3 Å². The Hall–Kier alpha value is -1.95. The monoisotopic (exact) mass is 278 g/mol. The minimum absolute atomic E-state index is 0.00687. The second-order valence-electron chi connectivity index (χ2n) is 3.93. The van der Waals surface area contributed by atoms with Crippen molar-refractivity contribution in [3.05, 3.63) is 46.4 Å². The Morgan fingerprint density at radius 3 is 2.68 bits per heavy atom. The van der Waals surface area contributed by atoms with Gasteiger partial charge in [0, 0.05) is 4.90 Å². The Bertz CT molecular complexity index is 631. The van der Waals surface area contributed by atoms with Crippen LogP contribution in [-0.2, 0) is 16.1 Å². The van der Waals surface area contributed by atoms with Gasteiger partial charge in [-0.1, -0.05) is 30.0 Å². The predicted octanol–water partition coefficient (Wildman–Crippen LogP) is 1.81. The second kappa shape index (κ2) is 5.79. The molecule has 1 aromatic heterocycles. The first-order valence-electron chi connectivity index (χ1n) is 5.71. The Morgan fingerprint density at radius 2 is 2.05 bits per heavy atom. The highest BCUT2D eigenvalue weighted by Gasteiger charge is 2.14. The number of carbonyl (C=O) groups is 1. The van der Waals surface area contributed by atoms with E-state index in [4.69, 9.17) is 0 Å². The van der Waals surface area contributed by atoms with E-state index >= 15 is 0 Å². The third kappa shape index (κ3) is 3.08. The highest BCUT2D eigenvalue weighted by atomic mass is 32.2. The number of rotatable bonds is 4. The number of aromatic nitrogens is 2. The van der Waals surface area contributed by atoms with Crippen LogP contribution in [0.15, 0.2) is 44.9 Å². The number of nitrogens with one attached hydrogen (secondary N) is 1. The second-order valence-corrected chi connectivity index (χ2v) is 5.02. The topological polar surface area (TPSA) is 64.1 Å². The van der Waals surface area contributed by atoms with Gasteiger partial charge >= 0.3 is 5.97 Å². The van der Waals surface area contributed by atoms with Gasteiger partial charge in [-0.2, -0.15) is 0 Å². The number of carbonyl (C=O) groups excluding carboxylic acids is 1. The van der Waals surface area contributed by atoms with Gasteiger partial charge in [-0.3, -0.25) is 19.4 Å². The molecule has 0 atom stereocenters. The Labute approximate surface area is 114 Å². The van der Waals surface area contributed by atoms with Crippen LogP contribution in [0.25, 0.3) is 0 Å². The molecule has 100 valence electrons. The van der Waals surface area contributed by atoms with Gasteiger partial charge in [0.1, 0.15) is 6.54 Å². The molecule has 0 fully saturated rings. The van der Waals surface area contributed by atoms with Crippen molar-refractivity contribution < 1.29 is 9.53 Å². The highest BCUT2D eigenvalue weighted by Crippen LogP contribution is 2.26. The number of esters is 1. The molecule has 0 saturated carbocycles. The van der Waals surface area contributed by atoms with E-state index < -0.39 is 5.97 Å². The molecular formula is C13H14N2O3S. The summed E-state index contributed by atoms with van der Waals surface area (Å²) in [4.78, 5) is 24.7. The number of methoxy groups -OCH3 is 1. The number of H-pyrrole nitrogens is 1. The first-order chi connectivity index (χ1) is 9.11. The molecule has 19 heavy (non-hydrogen) atoms. The summed E-state index contributed by atoms with van der Waals surface area (Å²) in [5.74, 6) is -0.398. The zero-order valence-electron chi connectivity index (χ0n) is 10.7. The summed E-state index contributed by atoms with van der Waals surface area (Å²) in [5.41, 5.74) is 0.527. The van der Waals surface area contributed by atoms with Crippen LogP contribution in [0.4, 0.5) is 0 Å². The van der Waals surface area contributed by atoms with E-state index in [1.165, 1.54) is 23.6 Å². The molecule has 0 aliphatic rings. The fourth-order valence-electron chi connectivity index (χ4n) is 1.62. The SMILES string of the molecule is COC(=O)Cn1[nH]c(=O)c(Sc2ccccc2)c1C. The molecule has 1 heterocycles. The molecule has 2 aromatic rings. The molecule has 6 heteroatoms. The molecule has 1 N–H and O–H groups in total. The zero-order chi connectivity index (χ0) is 13.8. The van der Waals surface area contributed by atoms with E-state index in [0.717, 1.165) is 10.6 Å². The fourth-order valence-corrected chi connectivity index (χ4v) is 2.55. The number of benzene rings is 1. The summed E-state index contributed by atoms with van der Waals surface area (Å²) < 4.78 is 6.09. The fraction of sp³-hybridized carbons (Fsp3) is 0.231. The summed E-state index contributed by atoms with van der Waals surface area (Å²) in [5, 5.41) is 2.64. The van der Waals surface area contributed by atoms with E-state index in [1.54, 1.807) is 6.92 Å². The van der Waals surface area contributed by atoms with Gasteiger partial charge in [-0.05, 0) is 19.1 Å². The normalized spacial score (nSPS) is 10.4. The third-order valence-corrected chi connectivity index (χ3v) is 3.85. The van der Waals surface area contributed by atoms with Gasteiger partial charge in [0.15, 0.2) is 0 Å². The van der Waals surface area contributed by atoms with Gasteiger partial charge in [0.2, 0.25) is 0 Å². The minimum atomic E-state index is -0.398. The largest absolute Gasteiger partial charge is 0.468 e. The molecule has 0 saturated heterocycles. The summed E-state index contributed by atoms with van der Waals surface area (Å²) in [6.45, 7) is 1.80. The van der Waals surface area contributed by atoms with Gasteiger partial charge in [-0.25, -0.2) is 0 Å². The zero-order valence-corrected chi connectivity index (χ0v) is 11.5.